The summed E-state index contributed by atoms with van der Waals surface area (Å²) in [5.74, 6) is -1.06. The summed E-state index contributed by atoms with van der Waals surface area (Å²) in [5, 5.41) is 20.8. The van der Waals surface area contributed by atoms with Gasteiger partial charge in [-0.25, -0.2) is 4.79 Å². The molecule has 0 aliphatic heterocycles. The maximum atomic E-state index is 11.3. The Labute approximate surface area is 124 Å². The largest absolute Gasteiger partial charge is 0.478 e. The van der Waals surface area contributed by atoms with Gasteiger partial charge in [0.2, 0.25) is 0 Å². The van der Waals surface area contributed by atoms with Gasteiger partial charge in [0.15, 0.2) is 0 Å². The third kappa shape index (κ3) is 2.37. The number of benzene rings is 2. The number of aromatic carboxylic acids is 1. The van der Waals surface area contributed by atoms with Gasteiger partial charge in [-0.05, 0) is 23.8 Å². The number of aromatic nitrogens is 1. The number of pyridine rings is 1. The van der Waals surface area contributed by atoms with Crippen LogP contribution in [0, 0.1) is 10.1 Å². The number of hydrogen-bond donors (Lipinski definition) is 1. The number of hydrogen-bond acceptors (Lipinski definition) is 4. The molecule has 2 aromatic carbocycles. The van der Waals surface area contributed by atoms with E-state index in [2.05, 4.69) is 4.98 Å². The van der Waals surface area contributed by atoms with E-state index >= 15 is 0 Å². The molecule has 0 aliphatic carbocycles. The normalized spacial score (nSPS) is 10.5. The summed E-state index contributed by atoms with van der Waals surface area (Å²) < 4.78 is 0. The van der Waals surface area contributed by atoms with Gasteiger partial charge >= 0.3 is 5.97 Å². The summed E-state index contributed by atoms with van der Waals surface area (Å²) in [4.78, 5) is 26.0. The molecule has 0 fully saturated rings. The zero-order chi connectivity index (χ0) is 15.7. The third-order valence-corrected chi connectivity index (χ3v) is 3.32. The molecule has 0 saturated heterocycles. The number of nitro groups is 1. The van der Waals surface area contributed by atoms with Crippen LogP contribution in [0.15, 0.2) is 54.7 Å². The highest BCUT2D eigenvalue weighted by atomic mass is 16.6. The molecule has 0 unspecified atom stereocenters. The summed E-state index contributed by atoms with van der Waals surface area (Å²) in [6.07, 6.45) is 1.60. The molecular weight excluding hydrogens is 284 g/mol. The molecule has 0 aliphatic rings. The maximum Gasteiger partial charge on any atom is 0.335 e. The number of carboxylic acid groups (broad SMARTS) is 1. The van der Waals surface area contributed by atoms with Crippen LogP contribution in [-0.4, -0.2) is 21.0 Å². The molecule has 3 rings (SSSR count). The fourth-order valence-electron chi connectivity index (χ4n) is 2.32. The van der Waals surface area contributed by atoms with Crippen LogP contribution in [0.2, 0.25) is 0 Å². The monoisotopic (exact) mass is 294 g/mol. The van der Waals surface area contributed by atoms with Gasteiger partial charge in [0, 0.05) is 29.3 Å². The second kappa shape index (κ2) is 5.25. The molecule has 0 radical (unpaired) electrons. The Bertz CT molecular complexity index is 906. The van der Waals surface area contributed by atoms with Crippen molar-refractivity contribution in [3.63, 3.8) is 0 Å². The molecule has 0 spiro atoms. The summed E-state index contributed by atoms with van der Waals surface area (Å²) in [5.41, 5.74) is 1.78. The Morgan fingerprint density at radius 1 is 1.14 bits per heavy atom. The lowest BCUT2D eigenvalue weighted by atomic mass is 9.98. The molecule has 1 aromatic heterocycles. The molecule has 0 bridgehead atoms. The number of nitrogens with zero attached hydrogens (tertiary/aromatic N) is 2. The van der Waals surface area contributed by atoms with Crippen molar-refractivity contribution in [3.8, 4) is 11.1 Å². The first-order chi connectivity index (χ1) is 10.6. The molecule has 108 valence electrons. The second-order valence-corrected chi connectivity index (χ2v) is 4.71. The highest BCUT2D eigenvalue weighted by Crippen LogP contribution is 2.30. The van der Waals surface area contributed by atoms with Crippen LogP contribution < -0.4 is 0 Å². The van der Waals surface area contributed by atoms with Crippen LogP contribution in [0.4, 0.5) is 5.69 Å². The Kier molecular flexibility index (Phi) is 3.27. The van der Waals surface area contributed by atoms with Crippen molar-refractivity contribution in [1.82, 2.24) is 4.98 Å². The van der Waals surface area contributed by atoms with Crippen molar-refractivity contribution in [2.24, 2.45) is 0 Å². The number of carboxylic acids is 1. The van der Waals surface area contributed by atoms with Gasteiger partial charge in [-0.1, -0.05) is 18.2 Å². The number of fused-ring (bicyclic) bond motifs is 1. The molecule has 0 amide bonds. The van der Waals surface area contributed by atoms with Crippen molar-refractivity contribution in [2.45, 2.75) is 0 Å². The van der Waals surface area contributed by atoms with Crippen LogP contribution >= 0.6 is 0 Å². The standard InChI is InChI=1S/C16H10N2O4/c19-16(20)12-7-11-4-2-6-17-15(11)14(9-12)10-3-1-5-13(8-10)18(21)22/h1-9H,(H,19,20). The topological polar surface area (TPSA) is 93.3 Å². The van der Waals surface area contributed by atoms with Crippen LogP contribution in [0.25, 0.3) is 22.0 Å². The smallest absolute Gasteiger partial charge is 0.335 e. The molecule has 1 heterocycles. The fraction of sp³-hybridized carbons (Fsp3) is 0. The van der Waals surface area contributed by atoms with E-state index in [0.717, 1.165) is 0 Å². The Morgan fingerprint density at radius 2 is 1.95 bits per heavy atom. The van der Waals surface area contributed by atoms with E-state index in [9.17, 15) is 20.0 Å². The van der Waals surface area contributed by atoms with Gasteiger partial charge in [0.1, 0.15) is 0 Å². The molecule has 1 N–H and O–H groups in total. The SMILES string of the molecule is O=C(O)c1cc(-c2cccc([N+](=O)[O-])c2)c2ncccc2c1. The quantitative estimate of drug-likeness (QED) is 0.589. The van der Waals surface area contributed by atoms with Crippen LogP contribution in [0.5, 0.6) is 0 Å². The lowest BCUT2D eigenvalue weighted by Crippen LogP contribution is -1.98. The van der Waals surface area contributed by atoms with Crippen LogP contribution in [0.3, 0.4) is 0 Å². The van der Waals surface area contributed by atoms with Gasteiger partial charge in [0.05, 0.1) is 16.0 Å². The molecular formula is C16H10N2O4. The second-order valence-electron chi connectivity index (χ2n) is 4.71. The molecule has 6 nitrogen and oxygen atoms in total. The predicted molar refractivity (Wildman–Crippen MR) is 80.8 cm³/mol. The van der Waals surface area contributed by atoms with E-state index < -0.39 is 10.9 Å². The van der Waals surface area contributed by atoms with E-state index in [1.165, 1.54) is 24.3 Å². The summed E-state index contributed by atoms with van der Waals surface area (Å²) in [6, 6.07) is 12.6. The number of nitro benzene ring substituents is 1. The highest BCUT2D eigenvalue weighted by molar-refractivity contribution is 6.00. The van der Waals surface area contributed by atoms with Crippen molar-refractivity contribution >= 4 is 22.6 Å². The van der Waals surface area contributed by atoms with E-state index in [1.54, 1.807) is 30.5 Å². The first-order valence-corrected chi connectivity index (χ1v) is 6.43. The van der Waals surface area contributed by atoms with Crippen LogP contribution in [-0.2, 0) is 0 Å². The summed E-state index contributed by atoms with van der Waals surface area (Å²) in [6.45, 7) is 0. The van der Waals surface area contributed by atoms with Gasteiger partial charge in [-0.15, -0.1) is 0 Å². The van der Waals surface area contributed by atoms with Crippen molar-refractivity contribution in [1.29, 1.82) is 0 Å². The van der Waals surface area contributed by atoms with E-state index in [-0.39, 0.29) is 11.3 Å². The molecule has 0 saturated carbocycles. The first kappa shape index (κ1) is 13.7. The van der Waals surface area contributed by atoms with Gasteiger partial charge in [0.25, 0.3) is 5.69 Å². The minimum absolute atomic E-state index is 0.0534. The predicted octanol–water partition coefficient (Wildman–Crippen LogP) is 3.51. The minimum atomic E-state index is -1.06. The van der Waals surface area contributed by atoms with Crippen molar-refractivity contribution in [2.75, 3.05) is 0 Å². The summed E-state index contributed by atoms with van der Waals surface area (Å²) >= 11 is 0. The van der Waals surface area contributed by atoms with Crippen molar-refractivity contribution in [3.05, 3.63) is 70.4 Å². The average molecular weight is 294 g/mol. The fourth-order valence-corrected chi connectivity index (χ4v) is 2.32. The Hall–Kier alpha value is -3.28. The maximum absolute atomic E-state index is 11.3. The third-order valence-electron chi connectivity index (χ3n) is 3.32. The zero-order valence-corrected chi connectivity index (χ0v) is 11.3. The highest BCUT2D eigenvalue weighted by Gasteiger charge is 2.13. The number of non-ortho nitro benzene ring substituents is 1. The van der Waals surface area contributed by atoms with E-state index in [0.29, 0.717) is 22.0 Å². The van der Waals surface area contributed by atoms with E-state index in [4.69, 9.17) is 0 Å². The van der Waals surface area contributed by atoms with Crippen LogP contribution in [0.1, 0.15) is 10.4 Å². The summed E-state index contributed by atoms with van der Waals surface area (Å²) in [7, 11) is 0. The Balaban J connectivity index is 2.31. The molecule has 22 heavy (non-hydrogen) atoms. The van der Waals surface area contributed by atoms with E-state index in [1.807, 2.05) is 0 Å². The lowest BCUT2D eigenvalue weighted by molar-refractivity contribution is -0.384. The van der Waals surface area contributed by atoms with Gasteiger partial charge in [-0.2, -0.15) is 0 Å². The van der Waals surface area contributed by atoms with Gasteiger partial charge < -0.3 is 5.11 Å². The Morgan fingerprint density at radius 3 is 2.68 bits per heavy atom. The lowest BCUT2D eigenvalue weighted by Gasteiger charge is -2.08. The molecule has 0 atom stereocenters. The minimum Gasteiger partial charge on any atom is -0.478 e. The average Bonchev–Trinajstić information content (AvgIpc) is 2.53. The zero-order valence-electron chi connectivity index (χ0n) is 11.3. The molecule has 3 aromatic rings. The number of rotatable bonds is 3. The first-order valence-electron chi connectivity index (χ1n) is 6.43. The van der Waals surface area contributed by atoms with Gasteiger partial charge in [-0.3, -0.25) is 15.1 Å². The molecule has 6 heteroatoms. The van der Waals surface area contributed by atoms with Crippen molar-refractivity contribution < 1.29 is 14.8 Å². The number of carbonyl (C=O) groups is 1.